The van der Waals surface area contributed by atoms with Gasteiger partial charge >= 0.3 is 0 Å². The number of nitriles is 1. The van der Waals surface area contributed by atoms with Crippen LogP contribution in [0.5, 0.6) is 0 Å². The summed E-state index contributed by atoms with van der Waals surface area (Å²) in [6.45, 7) is 6.64. The first-order valence-corrected chi connectivity index (χ1v) is 9.57. The predicted octanol–water partition coefficient (Wildman–Crippen LogP) is 4.45. The highest BCUT2D eigenvalue weighted by atomic mass is 16.1. The molecule has 3 N–H and O–H groups in total. The second kappa shape index (κ2) is 13.9. The molecule has 0 aromatic heterocycles. The first-order valence-electron chi connectivity index (χ1n) is 9.57. The van der Waals surface area contributed by atoms with Crippen molar-refractivity contribution in [2.75, 3.05) is 0 Å². The van der Waals surface area contributed by atoms with E-state index < -0.39 is 5.54 Å². The number of ketones is 1. The van der Waals surface area contributed by atoms with Gasteiger partial charge in [-0.2, -0.15) is 15.5 Å². The Balaban J connectivity index is 0.000000407. The van der Waals surface area contributed by atoms with E-state index in [-0.39, 0.29) is 5.78 Å². The molecule has 0 spiro atoms. The average molecular weight is 352 g/mol. The number of hydrogen-bond acceptors (Lipinski definition) is 6. The number of Topliss-reactive ketones (excluding diaryl/α,β-unsaturated/α-hetero) is 1. The number of carbonyl (C=O) groups excluding carboxylic acids is 1. The topological polar surface area (TPSA) is 104 Å². The molecule has 0 aromatic rings. The predicted molar refractivity (Wildman–Crippen MR) is 102 cm³/mol. The van der Waals surface area contributed by atoms with E-state index in [0.29, 0.717) is 12.1 Å². The molecule has 2 aliphatic carbocycles. The third-order valence-electron chi connectivity index (χ3n) is 4.16. The van der Waals surface area contributed by atoms with E-state index >= 15 is 0 Å². The van der Waals surface area contributed by atoms with Gasteiger partial charge in [-0.05, 0) is 53.4 Å². The number of carbonyl (C=O) groups is 1. The minimum atomic E-state index is -0.641. The highest BCUT2D eigenvalue weighted by Crippen LogP contribution is 2.21. The maximum atomic E-state index is 9.44. The number of nitrogens with one attached hydrogen (secondary N) is 1. The van der Waals surface area contributed by atoms with Gasteiger partial charge in [-0.1, -0.05) is 38.5 Å². The Kier molecular flexibility index (Phi) is 13.2. The molecule has 0 bridgehead atoms. The van der Waals surface area contributed by atoms with E-state index in [4.69, 9.17) is 11.1 Å². The quantitative estimate of drug-likeness (QED) is 0.445. The van der Waals surface area contributed by atoms with Crippen LogP contribution >= 0.6 is 0 Å². The van der Waals surface area contributed by atoms with E-state index in [0.717, 1.165) is 12.8 Å². The Bertz CT molecular complexity index is 412. The minimum absolute atomic E-state index is 0.167. The van der Waals surface area contributed by atoms with Crippen molar-refractivity contribution < 1.29 is 4.79 Å². The summed E-state index contributed by atoms with van der Waals surface area (Å²) < 4.78 is 0. The molecule has 144 valence electrons. The van der Waals surface area contributed by atoms with E-state index in [1.807, 2.05) is 0 Å². The third-order valence-corrected chi connectivity index (χ3v) is 4.16. The lowest BCUT2D eigenvalue weighted by Gasteiger charge is -2.19. The number of azo groups is 1. The van der Waals surface area contributed by atoms with Crippen LogP contribution in [0.15, 0.2) is 10.2 Å². The van der Waals surface area contributed by atoms with E-state index in [9.17, 15) is 4.79 Å². The van der Waals surface area contributed by atoms with Crippen LogP contribution in [0.25, 0.3) is 0 Å². The molecule has 0 atom stereocenters. The lowest BCUT2D eigenvalue weighted by Crippen LogP contribution is -2.36. The number of hydrogen-bond donors (Lipinski definition) is 2. The summed E-state index contributed by atoms with van der Waals surface area (Å²) in [6, 6.07) is 3.11. The lowest BCUT2D eigenvalue weighted by molar-refractivity contribution is -0.114. The van der Waals surface area contributed by atoms with Crippen molar-refractivity contribution in [2.45, 2.75) is 110 Å². The third kappa shape index (κ3) is 14.7. The van der Waals surface area contributed by atoms with Crippen molar-refractivity contribution in [3.05, 3.63) is 0 Å². The van der Waals surface area contributed by atoms with Gasteiger partial charge in [0.1, 0.15) is 5.78 Å². The molecule has 2 rings (SSSR count). The van der Waals surface area contributed by atoms with Crippen molar-refractivity contribution >= 4 is 5.78 Å². The molecule has 0 amide bonds. The Morgan fingerprint density at radius 3 is 1.84 bits per heavy atom. The van der Waals surface area contributed by atoms with Crippen LogP contribution in [0, 0.1) is 11.3 Å². The van der Waals surface area contributed by atoms with Crippen LogP contribution in [0.2, 0.25) is 0 Å². The molecule has 6 heteroatoms. The zero-order chi connectivity index (χ0) is 19.1. The second-order valence-electron chi connectivity index (χ2n) is 7.59. The zero-order valence-electron chi connectivity index (χ0n) is 16.6. The van der Waals surface area contributed by atoms with E-state index in [1.54, 1.807) is 13.8 Å². The summed E-state index contributed by atoms with van der Waals surface area (Å²) in [5, 5.41) is 17.0. The molecule has 0 unspecified atom stereocenters. The fourth-order valence-corrected chi connectivity index (χ4v) is 2.71. The molecular formula is C19H37N5O. The highest BCUT2D eigenvalue weighted by molar-refractivity contribution is 5.72. The summed E-state index contributed by atoms with van der Waals surface area (Å²) in [7, 11) is 0. The van der Waals surface area contributed by atoms with Crippen molar-refractivity contribution in [3.8, 4) is 6.07 Å². The Labute approximate surface area is 153 Å². The zero-order valence-corrected chi connectivity index (χ0v) is 16.6. The molecule has 0 aliphatic heterocycles. The number of nitrogens with zero attached hydrogens (tertiary/aromatic N) is 3. The summed E-state index contributed by atoms with van der Waals surface area (Å²) in [4.78, 5) is 9.44. The summed E-state index contributed by atoms with van der Waals surface area (Å²) >= 11 is 0. The molecular weight excluding hydrogens is 314 g/mol. The normalized spacial score (nSPS) is 19.2. The Hall–Kier alpha value is -1.32. The van der Waals surface area contributed by atoms with E-state index in [1.165, 1.54) is 65.2 Å². The van der Waals surface area contributed by atoms with Crippen LogP contribution in [-0.2, 0) is 4.79 Å². The van der Waals surface area contributed by atoms with Crippen LogP contribution in [0.3, 0.4) is 0 Å². The SMILES string of the molecule is CC(C)(C#N)/N=N/C1CCCCC1.CC(C)=O.NNC1CCCCC1. The van der Waals surface area contributed by atoms with Gasteiger partial charge in [-0.25, -0.2) is 0 Å². The minimum Gasteiger partial charge on any atom is -0.300 e. The van der Waals surface area contributed by atoms with Gasteiger partial charge in [-0.3, -0.25) is 11.3 Å². The number of rotatable bonds is 3. The lowest BCUT2D eigenvalue weighted by atomic mass is 9.96. The molecule has 0 radical (unpaired) electrons. The summed E-state index contributed by atoms with van der Waals surface area (Å²) in [5.41, 5.74) is 2.16. The molecule has 0 aromatic carbocycles. The molecule has 0 saturated heterocycles. The second-order valence-corrected chi connectivity index (χ2v) is 7.59. The first-order chi connectivity index (χ1) is 11.8. The standard InChI is InChI=1S/C10H17N3.C6H14N2.C3H6O/c1-10(2,8-11)13-12-9-6-4-3-5-7-9;7-8-6-4-2-1-3-5-6;1-3(2)4/h9H,3-7H2,1-2H3;6,8H,1-5,7H2;1-2H3/b13-12+;;. The monoisotopic (exact) mass is 351 g/mol. The van der Waals surface area contributed by atoms with Gasteiger partial charge < -0.3 is 4.79 Å². The van der Waals surface area contributed by atoms with Crippen LogP contribution < -0.4 is 11.3 Å². The summed E-state index contributed by atoms with van der Waals surface area (Å²) in [5.74, 6) is 5.42. The van der Waals surface area contributed by atoms with Gasteiger partial charge in [0, 0.05) is 6.04 Å². The molecule has 2 saturated carbocycles. The van der Waals surface area contributed by atoms with Crippen molar-refractivity contribution in [2.24, 2.45) is 16.1 Å². The van der Waals surface area contributed by atoms with Gasteiger partial charge in [0.2, 0.25) is 0 Å². The Morgan fingerprint density at radius 2 is 1.48 bits per heavy atom. The molecule has 6 nitrogen and oxygen atoms in total. The summed E-state index contributed by atoms with van der Waals surface area (Å²) in [6.07, 6.45) is 12.8. The molecule has 2 fully saturated rings. The van der Waals surface area contributed by atoms with Gasteiger partial charge in [0.05, 0.1) is 12.1 Å². The largest absolute Gasteiger partial charge is 0.300 e. The smallest absolute Gasteiger partial charge is 0.161 e. The maximum Gasteiger partial charge on any atom is 0.161 e. The molecule has 2 aliphatic rings. The fraction of sp³-hybridized carbons (Fsp3) is 0.895. The average Bonchev–Trinajstić information content (AvgIpc) is 2.62. The number of nitrogens with two attached hydrogens (primary N) is 1. The molecule has 0 heterocycles. The van der Waals surface area contributed by atoms with Crippen LogP contribution in [-0.4, -0.2) is 23.4 Å². The van der Waals surface area contributed by atoms with Gasteiger partial charge in [0.25, 0.3) is 0 Å². The highest BCUT2D eigenvalue weighted by Gasteiger charge is 2.17. The fourth-order valence-electron chi connectivity index (χ4n) is 2.71. The van der Waals surface area contributed by atoms with Crippen LogP contribution in [0.1, 0.15) is 91.9 Å². The van der Waals surface area contributed by atoms with Crippen molar-refractivity contribution in [1.29, 1.82) is 5.26 Å². The Morgan fingerprint density at radius 1 is 1.04 bits per heavy atom. The van der Waals surface area contributed by atoms with Gasteiger partial charge in [-0.15, -0.1) is 0 Å². The maximum absolute atomic E-state index is 9.44. The van der Waals surface area contributed by atoms with Crippen molar-refractivity contribution in [3.63, 3.8) is 0 Å². The molecule has 25 heavy (non-hydrogen) atoms. The van der Waals surface area contributed by atoms with E-state index in [2.05, 4.69) is 21.7 Å². The van der Waals surface area contributed by atoms with Gasteiger partial charge in [0.15, 0.2) is 5.54 Å². The number of hydrazine groups is 1. The van der Waals surface area contributed by atoms with Crippen LogP contribution in [0.4, 0.5) is 0 Å². The van der Waals surface area contributed by atoms with Crippen molar-refractivity contribution in [1.82, 2.24) is 5.43 Å². The first kappa shape index (κ1) is 23.7.